The van der Waals surface area contributed by atoms with Crippen molar-refractivity contribution in [2.24, 2.45) is 17.8 Å². The van der Waals surface area contributed by atoms with Crippen LogP contribution in [0.3, 0.4) is 0 Å². The molecule has 5 atom stereocenters. The van der Waals surface area contributed by atoms with Gasteiger partial charge in [0.1, 0.15) is 17.2 Å². The Morgan fingerprint density at radius 3 is 2.70 bits per heavy atom. The average Bonchev–Trinajstić information content (AvgIpc) is 3.69. The van der Waals surface area contributed by atoms with Crippen LogP contribution in [0.15, 0.2) is 47.1 Å². The van der Waals surface area contributed by atoms with Gasteiger partial charge in [-0.3, -0.25) is 4.98 Å². The highest BCUT2D eigenvalue weighted by Gasteiger charge is 2.62. The summed E-state index contributed by atoms with van der Waals surface area (Å²) in [5.74, 6) is 6.99. The summed E-state index contributed by atoms with van der Waals surface area (Å²) in [6, 6.07) is 10.0. The molecule has 4 aliphatic rings. The van der Waals surface area contributed by atoms with Crippen molar-refractivity contribution in [1.82, 2.24) is 10.1 Å². The van der Waals surface area contributed by atoms with Crippen molar-refractivity contribution in [1.29, 1.82) is 0 Å². The molecule has 0 saturated heterocycles. The van der Waals surface area contributed by atoms with Gasteiger partial charge < -0.3 is 18.7 Å². The number of nitrogens with zero attached hydrogens (tertiary/aromatic N) is 2. The van der Waals surface area contributed by atoms with E-state index in [2.05, 4.69) is 27.8 Å². The second-order valence-electron chi connectivity index (χ2n) is 12.5. The number of carbonyl (C=O) groups excluding carboxylic acids is 1. The van der Waals surface area contributed by atoms with E-state index in [1.54, 1.807) is 25.3 Å². The Balaban J connectivity index is 1.04. The van der Waals surface area contributed by atoms with Gasteiger partial charge >= 0.3 is 12.3 Å². The quantitative estimate of drug-likeness (QED) is 0.200. The van der Waals surface area contributed by atoms with E-state index in [0.717, 1.165) is 56.2 Å². The zero-order chi connectivity index (χ0) is 30.5. The van der Waals surface area contributed by atoms with Crippen molar-refractivity contribution in [2.45, 2.75) is 82.3 Å². The van der Waals surface area contributed by atoms with E-state index in [1.807, 2.05) is 6.07 Å². The monoisotopic (exact) mass is 606 g/mol. The summed E-state index contributed by atoms with van der Waals surface area (Å²) in [4.78, 5) is 16.4. The number of hydrogen-bond acceptors (Lipinski definition) is 7. The first kappa shape index (κ1) is 28.9. The van der Waals surface area contributed by atoms with E-state index in [0.29, 0.717) is 41.4 Å². The molecule has 4 fully saturated rings. The molecular formula is C34H33F3N2O5. The molecule has 0 spiro atoms. The normalized spacial score (nSPS) is 27.1. The number of halogens is 3. The van der Waals surface area contributed by atoms with Gasteiger partial charge in [-0.2, -0.15) is 0 Å². The second kappa shape index (κ2) is 11.3. The predicted octanol–water partition coefficient (Wildman–Crippen LogP) is 7.09. The van der Waals surface area contributed by atoms with Crippen LogP contribution in [0.2, 0.25) is 0 Å². The minimum Gasteiger partial charge on any atom is -0.456 e. The van der Waals surface area contributed by atoms with Crippen molar-refractivity contribution in [3.63, 3.8) is 0 Å². The lowest BCUT2D eigenvalue weighted by Crippen LogP contribution is -2.50. The smallest absolute Gasteiger partial charge is 0.456 e. The number of alkyl halides is 3. The van der Waals surface area contributed by atoms with E-state index >= 15 is 0 Å². The first-order valence-corrected chi connectivity index (χ1v) is 15.3. The van der Waals surface area contributed by atoms with Crippen LogP contribution < -0.4 is 4.74 Å². The maximum absolute atomic E-state index is 13.1. The molecule has 7 nitrogen and oxygen atoms in total. The standard InChI is InChI=1S/C34H33F3N2O5/c1-2-41-30(40)12-8-20-7-11-29(38-18-20)33-16-21-13-24(15-23(17-33)27(33)14-21)42-19-26-31(39-44-32(26)22-9-10-22)25-5-3-4-6-28(25)43-34(35,36)37/h3-7,11,18,21-24,27H,2,9-10,13-17,19H2,1H3/t21-,23-,24+,27?,33?/m1/s1. The van der Waals surface area contributed by atoms with E-state index in [-0.39, 0.29) is 35.4 Å². The minimum atomic E-state index is -4.82. The molecule has 2 unspecified atom stereocenters. The van der Waals surface area contributed by atoms with Crippen LogP contribution in [0.5, 0.6) is 5.75 Å². The van der Waals surface area contributed by atoms with Gasteiger partial charge in [0, 0.05) is 45.8 Å². The van der Waals surface area contributed by atoms with E-state index in [1.165, 1.54) is 12.1 Å². The van der Waals surface area contributed by atoms with Gasteiger partial charge in [0.2, 0.25) is 0 Å². The van der Waals surface area contributed by atoms with Crippen LogP contribution in [-0.2, 0) is 26.3 Å². The third-order valence-electron chi connectivity index (χ3n) is 9.76. The fourth-order valence-electron chi connectivity index (χ4n) is 7.90. The van der Waals surface area contributed by atoms with Gasteiger partial charge in [-0.1, -0.05) is 23.2 Å². The van der Waals surface area contributed by atoms with Gasteiger partial charge in [0.15, 0.2) is 0 Å². The van der Waals surface area contributed by atoms with Crippen LogP contribution in [0.4, 0.5) is 13.2 Å². The SMILES string of the molecule is CCOC(=O)C#Cc1ccc(C23C[C@H]4CC2[C@H](C[C@@H](OCc2c(-c5ccccc5OC(F)(F)F)noc2C2CC2)C4)C3)nc1. The molecule has 0 amide bonds. The van der Waals surface area contributed by atoms with Crippen molar-refractivity contribution in [3.05, 3.63) is 65.2 Å². The van der Waals surface area contributed by atoms with E-state index in [4.69, 9.17) is 19.0 Å². The summed E-state index contributed by atoms with van der Waals surface area (Å²) in [6.45, 7) is 2.27. The number of esters is 1. The molecule has 4 aliphatic carbocycles. The molecule has 7 rings (SSSR count). The largest absolute Gasteiger partial charge is 0.573 e. The molecule has 10 heteroatoms. The van der Waals surface area contributed by atoms with Gasteiger partial charge in [-0.25, -0.2) is 4.79 Å². The Bertz CT molecular complexity index is 1600. The second-order valence-corrected chi connectivity index (χ2v) is 12.5. The number of para-hydroxylation sites is 1. The highest BCUT2D eigenvalue weighted by atomic mass is 19.4. The first-order chi connectivity index (χ1) is 21.2. The van der Waals surface area contributed by atoms with Crippen molar-refractivity contribution >= 4 is 5.97 Å². The molecule has 0 N–H and O–H groups in total. The van der Waals surface area contributed by atoms with Gasteiger partial charge in [0.05, 0.1) is 19.3 Å². The number of benzene rings is 1. The fourth-order valence-corrected chi connectivity index (χ4v) is 7.90. The molecule has 0 aliphatic heterocycles. The third-order valence-corrected chi connectivity index (χ3v) is 9.76. The summed E-state index contributed by atoms with van der Waals surface area (Å²) in [5, 5.41) is 4.22. The van der Waals surface area contributed by atoms with E-state index < -0.39 is 12.3 Å². The topological polar surface area (TPSA) is 83.7 Å². The summed E-state index contributed by atoms with van der Waals surface area (Å²) in [5.41, 5.74) is 3.19. The molecule has 3 aromatic rings. The minimum absolute atomic E-state index is 0.0539. The van der Waals surface area contributed by atoms with Gasteiger partial charge in [0.25, 0.3) is 0 Å². The van der Waals surface area contributed by atoms with Crippen molar-refractivity contribution in [3.8, 4) is 28.8 Å². The molecular weight excluding hydrogens is 573 g/mol. The van der Waals surface area contributed by atoms with Crippen LogP contribution in [-0.4, -0.2) is 35.2 Å². The molecule has 2 heterocycles. The fraction of sp³-hybridized carbons (Fsp3) is 0.500. The van der Waals surface area contributed by atoms with Crippen LogP contribution in [0.1, 0.15) is 80.4 Å². The zero-order valence-electron chi connectivity index (χ0n) is 24.4. The maximum Gasteiger partial charge on any atom is 0.573 e. The Morgan fingerprint density at radius 2 is 1.95 bits per heavy atom. The third kappa shape index (κ3) is 5.58. The summed E-state index contributed by atoms with van der Waals surface area (Å²) >= 11 is 0. The lowest BCUT2D eigenvalue weighted by molar-refractivity contribution is -0.274. The van der Waals surface area contributed by atoms with Crippen molar-refractivity contribution < 1.29 is 36.7 Å². The number of carbonyl (C=O) groups is 1. The number of ether oxygens (including phenoxy) is 3. The number of pyridine rings is 1. The molecule has 44 heavy (non-hydrogen) atoms. The lowest BCUT2D eigenvalue weighted by Gasteiger charge is -2.53. The Labute approximate surface area is 253 Å². The Morgan fingerprint density at radius 1 is 1.11 bits per heavy atom. The van der Waals surface area contributed by atoms with Crippen LogP contribution in [0.25, 0.3) is 11.3 Å². The average molecular weight is 607 g/mol. The highest BCUT2D eigenvalue weighted by molar-refractivity contribution is 5.89. The van der Waals surface area contributed by atoms with Crippen LogP contribution >= 0.6 is 0 Å². The number of rotatable bonds is 8. The lowest BCUT2D eigenvalue weighted by atomic mass is 9.52. The first-order valence-electron chi connectivity index (χ1n) is 15.3. The Hall–Kier alpha value is -3.84. The molecule has 2 bridgehead atoms. The number of hydrogen-bond donors (Lipinski definition) is 0. The predicted molar refractivity (Wildman–Crippen MR) is 152 cm³/mol. The van der Waals surface area contributed by atoms with Crippen molar-refractivity contribution in [2.75, 3.05) is 6.61 Å². The Kier molecular flexibility index (Phi) is 7.40. The van der Waals surface area contributed by atoms with Crippen LogP contribution in [0, 0.1) is 29.6 Å². The molecule has 0 radical (unpaired) electrons. The highest BCUT2D eigenvalue weighted by Crippen LogP contribution is 2.66. The molecule has 1 aromatic carbocycles. The molecule has 230 valence electrons. The summed E-state index contributed by atoms with van der Waals surface area (Å²) in [7, 11) is 0. The van der Waals surface area contributed by atoms with E-state index in [9.17, 15) is 18.0 Å². The maximum atomic E-state index is 13.1. The molecule has 4 saturated carbocycles. The number of fused-ring (bicyclic) bond motifs is 1. The van der Waals surface area contributed by atoms with Gasteiger partial charge in [-0.15, -0.1) is 13.2 Å². The van der Waals surface area contributed by atoms with Gasteiger partial charge in [-0.05, 0) is 93.9 Å². The molecule has 2 aromatic heterocycles. The summed E-state index contributed by atoms with van der Waals surface area (Å²) in [6.07, 6.45) is 4.05. The number of aromatic nitrogens is 2. The summed E-state index contributed by atoms with van der Waals surface area (Å²) < 4.78 is 60.9. The zero-order valence-corrected chi connectivity index (χ0v) is 24.4.